The van der Waals surface area contributed by atoms with Crippen LogP contribution in [0, 0.1) is 11.8 Å². The molecule has 2 amide bonds. The summed E-state index contributed by atoms with van der Waals surface area (Å²) in [5, 5.41) is 7.11. The highest BCUT2D eigenvalue weighted by Crippen LogP contribution is 2.24. The van der Waals surface area contributed by atoms with Crippen LogP contribution in [0.25, 0.3) is 10.9 Å². The number of hydrogen-bond acceptors (Lipinski definition) is 3. The molecule has 1 saturated carbocycles. The third-order valence-electron chi connectivity index (χ3n) is 5.63. The maximum Gasteiger partial charge on any atom is 0.242 e. The highest BCUT2D eigenvalue weighted by atomic mass is 16.2. The second-order valence-corrected chi connectivity index (χ2v) is 8.10. The van der Waals surface area contributed by atoms with Gasteiger partial charge in [0, 0.05) is 24.0 Å². The number of fused-ring (bicyclic) bond motifs is 1. The molecule has 150 valence electrons. The van der Waals surface area contributed by atoms with E-state index >= 15 is 0 Å². The van der Waals surface area contributed by atoms with Crippen molar-refractivity contribution in [2.45, 2.75) is 58.4 Å². The van der Waals surface area contributed by atoms with Crippen molar-refractivity contribution in [1.29, 1.82) is 0 Å². The Morgan fingerprint density at radius 3 is 2.61 bits per heavy atom. The van der Waals surface area contributed by atoms with Crippen molar-refractivity contribution in [2.24, 2.45) is 11.8 Å². The molecule has 5 heteroatoms. The number of carbonyl (C=O) groups excluding carboxylic acids is 2. The van der Waals surface area contributed by atoms with E-state index < -0.39 is 6.04 Å². The van der Waals surface area contributed by atoms with E-state index in [1.807, 2.05) is 44.2 Å². The summed E-state index contributed by atoms with van der Waals surface area (Å²) in [4.78, 5) is 29.7. The van der Waals surface area contributed by atoms with Gasteiger partial charge in [-0.1, -0.05) is 57.4 Å². The van der Waals surface area contributed by atoms with Crippen LogP contribution in [0.5, 0.6) is 0 Å². The van der Waals surface area contributed by atoms with Crippen molar-refractivity contribution >= 4 is 22.7 Å². The number of hydrogen-bond donors (Lipinski definition) is 2. The van der Waals surface area contributed by atoms with Crippen LogP contribution >= 0.6 is 0 Å². The third kappa shape index (κ3) is 5.09. The molecule has 1 aromatic heterocycles. The maximum atomic E-state index is 12.7. The topological polar surface area (TPSA) is 71.1 Å². The zero-order valence-electron chi connectivity index (χ0n) is 16.9. The molecule has 1 fully saturated rings. The Morgan fingerprint density at radius 1 is 1.11 bits per heavy atom. The first-order valence-corrected chi connectivity index (χ1v) is 10.5. The summed E-state index contributed by atoms with van der Waals surface area (Å²) in [5.74, 6) is 0.0375. The van der Waals surface area contributed by atoms with Crippen molar-refractivity contribution in [1.82, 2.24) is 15.6 Å². The van der Waals surface area contributed by atoms with Crippen LogP contribution in [0.2, 0.25) is 0 Å². The fourth-order valence-electron chi connectivity index (χ4n) is 3.97. The van der Waals surface area contributed by atoms with E-state index in [1.54, 1.807) is 6.20 Å². The second-order valence-electron chi connectivity index (χ2n) is 8.10. The molecule has 1 aliphatic carbocycles. The van der Waals surface area contributed by atoms with Crippen LogP contribution in [-0.2, 0) is 16.0 Å². The fraction of sp³-hybridized carbons (Fsp3) is 0.522. The molecular formula is C23H31N3O2. The molecule has 1 atom stereocenters. The first kappa shape index (κ1) is 20.3. The van der Waals surface area contributed by atoms with Crippen LogP contribution in [0.4, 0.5) is 0 Å². The number of benzene rings is 1. The van der Waals surface area contributed by atoms with E-state index in [1.165, 1.54) is 6.42 Å². The summed E-state index contributed by atoms with van der Waals surface area (Å²) in [7, 11) is 0. The molecule has 5 nitrogen and oxygen atoms in total. The van der Waals surface area contributed by atoms with Gasteiger partial charge in [0.2, 0.25) is 11.8 Å². The Kier molecular flexibility index (Phi) is 7.01. The molecular weight excluding hydrogens is 350 g/mol. The average Bonchev–Trinajstić information content (AvgIpc) is 2.72. The van der Waals surface area contributed by atoms with Crippen LogP contribution in [-0.4, -0.2) is 29.4 Å². The van der Waals surface area contributed by atoms with E-state index in [9.17, 15) is 9.59 Å². The summed E-state index contributed by atoms with van der Waals surface area (Å²) in [6, 6.07) is 9.59. The second kappa shape index (κ2) is 9.67. The van der Waals surface area contributed by atoms with Gasteiger partial charge < -0.3 is 10.6 Å². The number of rotatable bonds is 7. The predicted octanol–water partition coefficient (Wildman–Crippen LogP) is 3.61. The van der Waals surface area contributed by atoms with Gasteiger partial charge in [0.1, 0.15) is 6.04 Å². The number of carbonyl (C=O) groups is 2. The van der Waals surface area contributed by atoms with Crippen molar-refractivity contribution in [2.75, 3.05) is 6.54 Å². The van der Waals surface area contributed by atoms with E-state index in [-0.39, 0.29) is 23.7 Å². The number of pyridine rings is 1. The van der Waals surface area contributed by atoms with Gasteiger partial charge in [0.25, 0.3) is 0 Å². The van der Waals surface area contributed by atoms with Crippen LogP contribution in [0.3, 0.4) is 0 Å². The highest BCUT2D eigenvalue weighted by molar-refractivity contribution is 5.88. The lowest BCUT2D eigenvalue weighted by atomic mass is 9.88. The molecule has 1 aliphatic rings. The lowest BCUT2D eigenvalue weighted by Crippen LogP contribution is -2.51. The third-order valence-corrected chi connectivity index (χ3v) is 5.63. The van der Waals surface area contributed by atoms with Crippen LogP contribution in [0.1, 0.15) is 51.5 Å². The minimum absolute atomic E-state index is 0.0341. The molecule has 0 aliphatic heterocycles. The number of nitrogens with one attached hydrogen (secondary N) is 2. The van der Waals surface area contributed by atoms with E-state index in [0.29, 0.717) is 13.0 Å². The summed E-state index contributed by atoms with van der Waals surface area (Å²) in [6.07, 6.45) is 7.80. The summed E-state index contributed by atoms with van der Waals surface area (Å²) in [6.45, 7) is 4.47. The van der Waals surface area contributed by atoms with Crippen LogP contribution in [0.15, 0.2) is 36.5 Å². The largest absolute Gasteiger partial charge is 0.354 e. The molecule has 28 heavy (non-hydrogen) atoms. The van der Waals surface area contributed by atoms with Gasteiger partial charge in [-0.3, -0.25) is 14.6 Å². The Labute approximate surface area is 167 Å². The maximum absolute atomic E-state index is 12.7. The van der Waals surface area contributed by atoms with Gasteiger partial charge in [-0.25, -0.2) is 0 Å². The predicted molar refractivity (Wildman–Crippen MR) is 112 cm³/mol. The first-order chi connectivity index (χ1) is 13.6. The summed E-state index contributed by atoms with van der Waals surface area (Å²) < 4.78 is 0. The zero-order chi connectivity index (χ0) is 19.9. The first-order valence-electron chi connectivity index (χ1n) is 10.5. The average molecular weight is 382 g/mol. The summed E-state index contributed by atoms with van der Waals surface area (Å²) >= 11 is 0. The zero-order valence-corrected chi connectivity index (χ0v) is 16.9. The van der Waals surface area contributed by atoms with Gasteiger partial charge in [-0.05, 0) is 36.8 Å². The van der Waals surface area contributed by atoms with Crippen LogP contribution < -0.4 is 10.6 Å². The van der Waals surface area contributed by atoms with Gasteiger partial charge in [-0.15, -0.1) is 0 Å². The van der Waals surface area contributed by atoms with Gasteiger partial charge in [0.15, 0.2) is 0 Å². The molecule has 0 bridgehead atoms. The lowest BCUT2D eigenvalue weighted by molar-refractivity contribution is -0.132. The smallest absolute Gasteiger partial charge is 0.242 e. The number of aromatic nitrogens is 1. The Balaban J connectivity index is 1.56. The fourth-order valence-corrected chi connectivity index (χ4v) is 3.97. The van der Waals surface area contributed by atoms with Crippen molar-refractivity contribution in [3.05, 3.63) is 42.1 Å². The monoisotopic (exact) mass is 381 g/mol. The number of nitrogens with zero attached hydrogens (tertiary/aromatic N) is 1. The molecule has 3 rings (SSSR count). The van der Waals surface area contributed by atoms with Crippen molar-refractivity contribution in [3.63, 3.8) is 0 Å². The van der Waals surface area contributed by atoms with E-state index in [2.05, 4.69) is 15.6 Å². The quantitative estimate of drug-likeness (QED) is 0.770. The molecule has 0 spiro atoms. The molecule has 1 aromatic carbocycles. The minimum Gasteiger partial charge on any atom is -0.354 e. The number of amides is 2. The SMILES string of the molecule is CC(C)C(NC(=O)C1CCCCC1)C(=O)NCCc1cccc2cccnc12. The highest BCUT2D eigenvalue weighted by Gasteiger charge is 2.28. The van der Waals surface area contributed by atoms with Gasteiger partial charge in [0.05, 0.1) is 5.52 Å². The molecule has 1 heterocycles. The molecule has 2 aromatic rings. The molecule has 0 radical (unpaired) electrons. The Hall–Kier alpha value is -2.43. The Bertz CT molecular complexity index is 807. The normalized spacial score (nSPS) is 16.1. The minimum atomic E-state index is -0.486. The summed E-state index contributed by atoms with van der Waals surface area (Å²) in [5.41, 5.74) is 2.09. The molecule has 2 N–H and O–H groups in total. The molecule has 1 unspecified atom stereocenters. The lowest BCUT2D eigenvalue weighted by Gasteiger charge is -2.26. The molecule has 0 saturated heterocycles. The number of para-hydroxylation sites is 1. The van der Waals surface area contributed by atoms with Gasteiger partial charge >= 0.3 is 0 Å². The van der Waals surface area contributed by atoms with Crippen molar-refractivity contribution < 1.29 is 9.59 Å². The Morgan fingerprint density at radius 2 is 1.86 bits per heavy atom. The van der Waals surface area contributed by atoms with Gasteiger partial charge in [-0.2, -0.15) is 0 Å². The van der Waals surface area contributed by atoms with E-state index in [0.717, 1.165) is 42.1 Å². The standard InChI is InChI=1S/C23H31N3O2/c1-16(2)20(26-22(27)19-8-4-3-5-9-19)23(28)25-15-13-18-11-6-10-17-12-7-14-24-21(17)18/h6-7,10-12,14,16,19-20H,3-5,8-9,13,15H2,1-2H3,(H,25,28)(H,26,27). The van der Waals surface area contributed by atoms with Crippen molar-refractivity contribution in [3.8, 4) is 0 Å². The van der Waals surface area contributed by atoms with E-state index in [4.69, 9.17) is 0 Å².